The van der Waals surface area contributed by atoms with Crippen molar-refractivity contribution in [1.82, 2.24) is 10.2 Å². The maximum Gasteiger partial charge on any atom is 0.151 e. The van der Waals surface area contributed by atoms with E-state index in [1.807, 2.05) is 18.2 Å². The first kappa shape index (κ1) is 25.7. The molecule has 6 nitrogen and oxygen atoms in total. The van der Waals surface area contributed by atoms with Crippen molar-refractivity contribution in [1.29, 1.82) is 5.26 Å². The van der Waals surface area contributed by atoms with Crippen molar-refractivity contribution in [3.05, 3.63) is 40.9 Å². The summed E-state index contributed by atoms with van der Waals surface area (Å²) < 4.78 is 0. The highest BCUT2D eigenvalue weighted by molar-refractivity contribution is 6.32. The standard InChI is InChI=1S/C31H41ClN6/c32-28-21-27(7-6-26(28)22-33)38-19-14-31(23-38)12-17-37(18-13-31)30-9-8-29(34-35-30)36-15-10-25(11-16-36)20-24-4-2-1-3-5-24/h6-9,21,24-25H,1-5,10-20,23H2. The average Bonchev–Trinajstić information content (AvgIpc) is 3.38. The van der Waals surface area contributed by atoms with Crippen molar-refractivity contribution in [3.8, 4) is 6.07 Å². The van der Waals surface area contributed by atoms with Crippen LogP contribution in [0, 0.1) is 28.6 Å². The summed E-state index contributed by atoms with van der Waals surface area (Å²) in [5.74, 6) is 3.96. The molecule has 3 aliphatic heterocycles. The molecule has 1 spiro atoms. The van der Waals surface area contributed by atoms with Crippen molar-refractivity contribution >= 4 is 28.9 Å². The number of benzene rings is 1. The van der Waals surface area contributed by atoms with Crippen LogP contribution >= 0.6 is 11.6 Å². The fourth-order valence-electron chi connectivity index (χ4n) is 7.51. The maximum atomic E-state index is 9.17. The smallest absolute Gasteiger partial charge is 0.151 e. The van der Waals surface area contributed by atoms with E-state index < -0.39 is 0 Å². The molecule has 7 heteroatoms. The van der Waals surface area contributed by atoms with Crippen molar-refractivity contribution in [2.24, 2.45) is 17.3 Å². The summed E-state index contributed by atoms with van der Waals surface area (Å²) >= 11 is 6.30. The van der Waals surface area contributed by atoms with Gasteiger partial charge in [-0.05, 0) is 86.1 Å². The Bertz CT molecular complexity index is 1120. The van der Waals surface area contributed by atoms with Gasteiger partial charge in [0.15, 0.2) is 11.6 Å². The van der Waals surface area contributed by atoms with Gasteiger partial charge in [-0.2, -0.15) is 5.26 Å². The highest BCUT2D eigenvalue weighted by atomic mass is 35.5. The number of hydrogen-bond acceptors (Lipinski definition) is 6. The van der Waals surface area contributed by atoms with Crippen LogP contribution in [0.5, 0.6) is 0 Å². The Hall–Kier alpha value is -2.52. The van der Waals surface area contributed by atoms with Gasteiger partial charge in [0, 0.05) is 45.0 Å². The molecule has 6 rings (SSSR count). The van der Waals surface area contributed by atoms with E-state index in [4.69, 9.17) is 16.9 Å². The summed E-state index contributed by atoms with van der Waals surface area (Å²) in [4.78, 5) is 7.30. The van der Waals surface area contributed by atoms with Crippen LogP contribution in [0.4, 0.5) is 17.3 Å². The molecule has 1 aromatic carbocycles. The van der Waals surface area contributed by atoms with E-state index >= 15 is 0 Å². The fourth-order valence-corrected chi connectivity index (χ4v) is 7.73. The minimum absolute atomic E-state index is 0.353. The zero-order valence-electron chi connectivity index (χ0n) is 22.6. The number of aromatic nitrogens is 2. The van der Waals surface area contributed by atoms with Crippen molar-refractivity contribution < 1.29 is 0 Å². The van der Waals surface area contributed by atoms with E-state index in [0.29, 0.717) is 16.0 Å². The van der Waals surface area contributed by atoms with Crippen molar-refractivity contribution in [2.75, 3.05) is 54.0 Å². The summed E-state index contributed by atoms with van der Waals surface area (Å²) in [6.45, 7) is 6.42. The van der Waals surface area contributed by atoms with Gasteiger partial charge < -0.3 is 14.7 Å². The molecule has 38 heavy (non-hydrogen) atoms. The van der Waals surface area contributed by atoms with Crippen LogP contribution in [0.1, 0.15) is 76.2 Å². The predicted molar refractivity (Wildman–Crippen MR) is 155 cm³/mol. The summed E-state index contributed by atoms with van der Waals surface area (Å²) in [6.07, 6.45) is 14.9. The zero-order chi connectivity index (χ0) is 26.0. The lowest BCUT2D eigenvalue weighted by Gasteiger charge is -2.40. The van der Waals surface area contributed by atoms with Crippen molar-refractivity contribution in [3.63, 3.8) is 0 Å². The van der Waals surface area contributed by atoms with Gasteiger partial charge in [0.2, 0.25) is 0 Å². The first-order valence-electron chi connectivity index (χ1n) is 14.9. The van der Waals surface area contributed by atoms with Crippen LogP contribution in [-0.2, 0) is 0 Å². The molecule has 0 bridgehead atoms. The normalized spacial score (nSPS) is 22.7. The van der Waals surface area contributed by atoms with Gasteiger partial charge in [-0.15, -0.1) is 10.2 Å². The van der Waals surface area contributed by atoms with Gasteiger partial charge in [-0.25, -0.2) is 0 Å². The third-order valence-electron chi connectivity index (χ3n) is 9.99. The number of anilines is 3. The Labute approximate surface area is 233 Å². The molecule has 0 radical (unpaired) electrons. The third kappa shape index (κ3) is 5.59. The molecule has 4 aliphatic rings. The molecule has 1 saturated carbocycles. The second-order valence-electron chi connectivity index (χ2n) is 12.4. The van der Waals surface area contributed by atoms with Crippen LogP contribution in [0.25, 0.3) is 0 Å². The van der Waals surface area contributed by atoms with E-state index in [0.717, 1.165) is 68.4 Å². The number of hydrogen-bond donors (Lipinski definition) is 0. The van der Waals surface area contributed by atoms with Gasteiger partial charge in [0.1, 0.15) is 6.07 Å². The second kappa shape index (κ2) is 11.3. The molecule has 0 amide bonds. The highest BCUT2D eigenvalue weighted by Gasteiger charge is 2.41. The summed E-state index contributed by atoms with van der Waals surface area (Å²) in [5, 5.41) is 19.1. The molecule has 0 N–H and O–H groups in total. The van der Waals surface area contributed by atoms with Gasteiger partial charge in [-0.3, -0.25) is 0 Å². The SMILES string of the molecule is N#Cc1ccc(N2CCC3(CCN(c4ccc(N5CCC(CC6CCCCC6)CC5)nn4)CC3)C2)cc1Cl. The number of nitrogens with zero attached hydrogens (tertiary/aromatic N) is 6. The molecule has 1 aromatic heterocycles. The van der Waals surface area contributed by atoms with E-state index in [1.165, 1.54) is 70.6 Å². The van der Waals surface area contributed by atoms with E-state index in [9.17, 15) is 0 Å². The number of nitriles is 1. The minimum Gasteiger partial charge on any atom is -0.371 e. The van der Waals surface area contributed by atoms with Crippen LogP contribution in [0.15, 0.2) is 30.3 Å². The fraction of sp³-hybridized carbons (Fsp3) is 0.645. The Morgan fingerprint density at radius 3 is 2.00 bits per heavy atom. The molecule has 3 saturated heterocycles. The minimum atomic E-state index is 0.353. The number of halogens is 1. The van der Waals surface area contributed by atoms with Crippen LogP contribution in [-0.4, -0.2) is 49.5 Å². The topological polar surface area (TPSA) is 59.3 Å². The summed E-state index contributed by atoms with van der Waals surface area (Å²) in [7, 11) is 0. The summed E-state index contributed by atoms with van der Waals surface area (Å²) in [5.41, 5.74) is 2.03. The van der Waals surface area contributed by atoms with Gasteiger partial charge >= 0.3 is 0 Å². The molecule has 202 valence electrons. The average molecular weight is 533 g/mol. The maximum absolute atomic E-state index is 9.17. The largest absolute Gasteiger partial charge is 0.371 e. The molecule has 1 aliphatic carbocycles. The lowest BCUT2D eigenvalue weighted by Crippen LogP contribution is -2.42. The Kier molecular flexibility index (Phi) is 7.66. The van der Waals surface area contributed by atoms with Crippen molar-refractivity contribution in [2.45, 2.75) is 70.6 Å². The van der Waals surface area contributed by atoms with E-state index in [-0.39, 0.29) is 0 Å². The Balaban J connectivity index is 0.986. The van der Waals surface area contributed by atoms with Gasteiger partial charge in [0.05, 0.1) is 10.6 Å². The lowest BCUT2D eigenvalue weighted by atomic mass is 9.78. The Morgan fingerprint density at radius 2 is 1.39 bits per heavy atom. The van der Waals surface area contributed by atoms with Crippen LogP contribution < -0.4 is 14.7 Å². The van der Waals surface area contributed by atoms with Gasteiger partial charge in [-0.1, -0.05) is 43.7 Å². The molecule has 0 unspecified atom stereocenters. The molecule has 2 aromatic rings. The molecule has 0 atom stereocenters. The van der Waals surface area contributed by atoms with Crippen LogP contribution in [0.2, 0.25) is 5.02 Å². The third-order valence-corrected chi connectivity index (χ3v) is 10.3. The van der Waals surface area contributed by atoms with Crippen LogP contribution in [0.3, 0.4) is 0 Å². The van der Waals surface area contributed by atoms with Gasteiger partial charge in [0.25, 0.3) is 0 Å². The molecular formula is C31H41ClN6. The van der Waals surface area contributed by atoms with E-state index in [2.05, 4.69) is 43.1 Å². The number of rotatable bonds is 5. The quantitative estimate of drug-likeness (QED) is 0.427. The van der Waals surface area contributed by atoms with E-state index in [1.54, 1.807) is 0 Å². The monoisotopic (exact) mass is 532 g/mol. The molecule has 4 heterocycles. The summed E-state index contributed by atoms with van der Waals surface area (Å²) in [6, 6.07) is 12.4. The number of piperidine rings is 2. The molecule has 4 fully saturated rings. The lowest BCUT2D eigenvalue weighted by molar-refractivity contribution is 0.250. The first-order chi connectivity index (χ1) is 18.6. The molecular weight excluding hydrogens is 492 g/mol. The first-order valence-corrected chi connectivity index (χ1v) is 15.3. The predicted octanol–water partition coefficient (Wildman–Crippen LogP) is 6.69. The Morgan fingerprint density at radius 1 is 0.789 bits per heavy atom. The second-order valence-corrected chi connectivity index (χ2v) is 12.8. The zero-order valence-corrected chi connectivity index (χ0v) is 23.4. The highest BCUT2D eigenvalue weighted by Crippen LogP contribution is 2.43.